The number of carbonyl (C=O) groups is 4. The molecule has 11 heteroatoms. The molecular formula is C24H17N5O6. The minimum atomic E-state index is -0.815. The molecule has 35 heavy (non-hydrogen) atoms. The van der Waals surface area contributed by atoms with Crippen LogP contribution in [0.15, 0.2) is 77.9 Å². The minimum absolute atomic E-state index is 0.0553. The van der Waals surface area contributed by atoms with Gasteiger partial charge in [-0.05, 0) is 18.2 Å². The van der Waals surface area contributed by atoms with Crippen LogP contribution in [0.25, 0.3) is 0 Å². The van der Waals surface area contributed by atoms with Crippen LogP contribution in [0.5, 0.6) is 0 Å². The Labute approximate surface area is 198 Å². The highest BCUT2D eigenvalue weighted by Crippen LogP contribution is 2.29. The predicted molar refractivity (Wildman–Crippen MR) is 125 cm³/mol. The summed E-state index contributed by atoms with van der Waals surface area (Å²) in [4.78, 5) is 64.2. The van der Waals surface area contributed by atoms with E-state index < -0.39 is 35.0 Å². The van der Waals surface area contributed by atoms with Crippen molar-refractivity contribution in [3.8, 4) is 0 Å². The number of nitrogens with zero attached hydrogens (tertiary/aromatic N) is 4. The maximum atomic E-state index is 13.2. The van der Waals surface area contributed by atoms with Gasteiger partial charge in [0.05, 0.1) is 27.3 Å². The van der Waals surface area contributed by atoms with Gasteiger partial charge in [-0.25, -0.2) is 0 Å². The third kappa shape index (κ3) is 4.25. The Hall–Kier alpha value is -5.19. The third-order valence-electron chi connectivity index (χ3n) is 5.35. The summed E-state index contributed by atoms with van der Waals surface area (Å²) in [6.45, 7) is -0.672. The number of rotatable bonds is 7. The number of hydrogen-bond acceptors (Lipinski definition) is 8. The smallest absolute Gasteiger partial charge is 0.270 e. The van der Waals surface area contributed by atoms with Gasteiger partial charge in [0.1, 0.15) is 12.9 Å². The van der Waals surface area contributed by atoms with Crippen LogP contribution in [0.1, 0.15) is 36.6 Å². The topological polar surface area (TPSA) is 156 Å². The number of fused-ring (bicyclic) bond motifs is 1. The Balaban J connectivity index is 1.73. The molecule has 0 saturated carbocycles. The van der Waals surface area contributed by atoms with E-state index >= 15 is 0 Å². The molecule has 0 spiro atoms. The number of ketones is 1. The van der Waals surface area contributed by atoms with Gasteiger partial charge in [-0.2, -0.15) is 5.10 Å². The second-order valence-electron chi connectivity index (χ2n) is 7.42. The standard InChI is InChI=1S/C24H17N5O6/c25-26-14-28(21(30)13-27-23(32)17-8-4-5-9-18(17)24(27)33)20-11-10-16(29(34)35)12-19(20)22(31)15-6-2-1-3-7-15/h1-12,14H,13,25H2. The van der Waals surface area contributed by atoms with Crippen LogP contribution in [0.2, 0.25) is 0 Å². The maximum absolute atomic E-state index is 13.2. The van der Waals surface area contributed by atoms with E-state index in [0.717, 1.165) is 28.3 Å². The summed E-state index contributed by atoms with van der Waals surface area (Å²) < 4.78 is 0. The Morgan fingerprint density at radius 3 is 2.14 bits per heavy atom. The van der Waals surface area contributed by atoms with Gasteiger partial charge in [0.15, 0.2) is 5.78 Å². The van der Waals surface area contributed by atoms with Gasteiger partial charge in [-0.15, -0.1) is 0 Å². The highest BCUT2D eigenvalue weighted by Gasteiger charge is 2.37. The lowest BCUT2D eigenvalue weighted by atomic mass is 10.0. The molecule has 3 amide bonds. The van der Waals surface area contributed by atoms with E-state index in [1.807, 2.05) is 0 Å². The molecule has 11 nitrogen and oxygen atoms in total. The normalized spacial score (nSPS) is 12.6. The Kier molecular flexibility index (Phi) is 6.14. The van der Waals surface area contributed by atoms with E-state index in [2.05, 4.69) is 5.10 Å². The number of carbonyl (C=O) groups excluding carboxylic acids is 4. The number of nitrogens with two attached hydrogens (primary N) is 1. The monoisotopic (exact) mass is 471 g/mol. The molecule has 1 aliphatic heterocycles. The fraction of sp³-hybridized carbons (Fsp3) is 0.0417. The van der Waals surface area contributed by atoms with E-state index in [1.54, 1.807) is 30.3 Å². The number of nitro groups is 1. The number of hydrazone groups is 1. The van der Waals surface area contributed by atoms with Crippen molar-refractivity contribution in [3.05, 3.63) is 105 Å². The largest absolute Gasteiger partial charge is 0.322 e. The van der Waals surface area contributed by atoms with Crippen molar-refractivity contribution in [2.75, 3.05) is 11.4 Å². The molecule has 0 atom stereocenters. The zero-order valence-electron chi connectivity index (χ0n) is 18.0. The van der Waals surface area contributed by atoms with Crippen LogP contribution >= 0.6 is 0 Å². The fourth-order valence-electron chi connectivity index (χ4n) is 3.70. The van der Waals surface area contributed by atoms with Crippen molar-refractivity contribution in [3.63, 3.8) is 0 Å². The van der Waals surface area contributed by atoms with Crippen LogP contribution in [-0.2, 0) is 4.79 Å². The average molecular weight is 471 g/mol. The first-order valence-electron chi connectivity index (χ1n) is 10.2. The summed E-state index contributed by atoms with van der Waals surface area (Å²) in [6.07, 6.45) is 0.906. The summed E-state index contributed by atoms with van der Waals surface area (Å²) in [5, 5.41) is 14.7. The highest BCUT2D eigenvalue weighted by atomic mass is 16.6. The summed E-state index contributed by atoms with van der Waals surface area (Å²) in [7, 11) is 0. The van der Waals surface area contributed by atoms with Crippen LogP contribution in [0, 0.1) is 10.1 Å². The Bertz CT molecular complexity index is 1370. The van der Waals surface area contributed by atoms with E-state index in [9.17, 15) is 29.3 Å². The average Bonchev–Trinajstić information content (AvgIpc) is 3.12. The zero-order chi connectivity index (χ0) is 25.1. The molecule has 0 fully saturated rings. The maximum Gasteiger partial charge on any atom is 0.270 e. The van der Waals surface area contributed by atoms with Gasteiger partial charge >= 0.3 is 0 Å². The van der Waals surface area contributed by atoms with Crippen molar-refractivity contribution in [2.45, 2.75) is 0 Å². The second kappa shape index (κ2) is 9.35. The van der Waals surface area contributed by atoms with Crippen molar-refractivity contribution < 1.29 is 24.1 Å². The second-order valence-corrected chi connectivity index (χ2v) is 7.42. The van der Waals surface area contributed by atoms with E-state index in [0.29, 0.717) is 0 Å². The molecule has 174 valence electrons. The van der Waals surface area contributed by atoms with E-state index in [4.69, 9.17) is 5.84 Å². The Morgan fingerprint density at radius 1 is 0.971 bits per heavy atom. The number of anilines is 1. The fourth-order valence-corrected chi connectivity index (χ4v) is 3.70. The Morgan fingerprint density at radius 2 is 1.57 bits per heavy atom. The molecule has 1 aliphatic rings. The zero-order valence-corrected chi connectivity index (χ0v) is 18.0. The molecule has 0 radical (unpaired) electrons. The number of amides is 3. The van der Waals surface area contributed by atoms with Gasteiger partial charge in [0.25, 0.3) is 23.4 Å². The number of nitro benzene ring substituents is 1. The van der Waals surface area contributed by atoms with Gasteiger partial charge in [-0.1, -0.05) is 42.5 Å². The first-order chi connectivity index (χ1) is 16.8. The van der Waals surface area contributed by atoms with Crippen molar-refractivity contribution in [2.24, 2.45) is 10.9 Å². The van der Waals surface area contributed by atoms with Crippen LogP contribution in [0.4, 0.5) is 11.4 Å². The first-order valence-corrected chi connectivity index (χ1v) is 10.2. The molecule has 0 unspecified atom stereocenters. The molecule has 0 bridgehead atoms. The lowest BCUT2D eigenvalue weighted by Crippen LogP contribution is -2.43. The molecule has 1 heterocycles. The summed E-state index contributed by atoms with van der Waals surface area (Å²) in [6, 6.07) is 17.5. The van der Waals surface area contributed by atoms with Crippen LogP contribution < -0.4 is 10.7 Å². The molecule has 0 aromatic heterocycles. The van der Waals surface area contributed by atoms with Crippen molar-refractivity contribution >= 4 is 41.2 Å². The molecule has 2 N–H and O–H groups in total. The molecule has 0 saturated heterocycles. The van der Waals surface area contributed by atoms with Gasteiger partial charge < -0.3 is 5.84 Å². The lowest BCUT2D eigenvalue weighted by molar-refractivity contribution is -0.384. The summed E-state index contributed by atoms with van der Waals surface area (Å²) in [5.74, 6) is 2.59. The summed E-state index contributed by atoms with van der Waals surface area (Å²) in [5.41, 5.74) is -0.0299. The van der Waals surface area contributed by atoms with Crippen molar-refractivity contribution in [1.82, 2.24) is 4.90 Å². The number of imide groups is 1. The SMILES string of the molecule is NN=CN(C(=O)CN1C(=O)c2ccccc2C1=O)c1ccc([N+](=O)[O-])cc1C(=O)c1ccccc1. The number of non-ortho nitro benzene ring substituents is 1. The molecule has 4 rings (SSSR count). The van der Waals surface area contributed by atoms with Crippen LogP contribution in [-0.4, -0.2) is 46.2 Å². The molecular weight excluding hydrogens is 454 g/mol. The number of benzene rings is 3. The third-order valence-corrected chi connectivity index (χ3v) is 5.35. The lowest BCUT2D eigenvalue weighted by Gasteiger charge is -2.22. The first kappa shape index (κ1) is 23.0. The van der Waals surface area contributed by atoms with Gasteiger partial charge in [0.2, 0.25) is 0 Å². The molecule has 3 aromatic carbocycles. The molecule has 0 aliphatic carbocycles. The highest BCUT2D eigenvalue weighted by molar-refractivity contribution is 6.24. The van der Waals surface area contributed by atoms with Gasteiger partial charge in [-0.3, -0.25) is 39.1 Å². The van der Waals surface area contributed by atoms with Crippen LogP contribution in [0.3, 0.4) is 0 Å². The van der Waals surface area contributed by atoms with Gasteiger partial charge in [0, 0.05) is 17.7 Å². The van der Waals surface area contributed by atoms with Crippen molar-refractivity contribution in [1.29, 1.82) is 0 Å². The summed E-state index contributed by atoms with van der Waals surface area (Å²) >= 11 is 0. The molecule has 3 aromatic rings. The van der Waals surface area contributed by atoms with E-state index in [-0.39, 0.29) is 33.6 Å². The minimum Gasteiger partial charge on any atom is -0.322 e. The predicted octanol–water partition coefficient (Wildman–Crippen LogP) is 2.36. The number of hydrogen-bond donors (Lipinski definition) is 1. The van der Waals surface area contributed by atoms with E-state index in [1.165, 1.54) is 30.3 Å². The quantitative estimate of drug-likeness (QED) is 0.105.